The minimum atomic E-state index is -0.452. The summed E-state index contributed by atoms with van der Waals surface area (Å²) in [6.07, 6.45) is 1.77. The number of halogens is 2. The van der Waals surface area contributed by atoms with E-state index in [9.17, 15) is 14.0 Å². The zero-order valence-corrected chi connectivity index (χ0v) is 21.8. The summed E-state index contributed by atoms with van der Waals surface area (Å²) in [5.41, 5.74) is 2.31. The van der Waals surface area contributed by atoms with Crippen LogP contribution in [0.5, 0.6) is 11.5 Å². The number of carbonyl (C=O) groups excluding carboxylic acids is 2. The van der Waals surface area contributed by atoms with Gasteiger partial charge in [0.15, 0.2) is 0 Å². The van der Waals surface area contributed by atoms with E-state index in [0.29, 0.717) is 27.9 Å². The molecule has 1 heterocycles. The number of nitrogens with zero attached hydrogens (tertiary/aromatic N) is 3. The summed E-state index contributed by atoms with van der Waals surface area (Å²) in [5.74, 6) is 0.0679. The van der Waals surface area contributed by atoms with E-state index in [0.717, 1.165) is 5.56 Å². The first kappa shape index (κ1) is 26.7. The smallest absolute Gasteiger partial charge is 0.254 e. The van der Waals surface area contributed by atoms with E-state index < -0.39 is 11.7 Å². The van der Waals surface area contributed by atoms with Crippen LogP contribution >= 0.6 is 11.6 Å². The molecule has 0 aliphatic rings. The number of rotatable bonds is 9. The van der Waals surface area contributed by atoms with Gasteiger partial charge in [0, 0.05) is 47.1 Å². The van der Waals surface area contributed by atoms with E-state index in [-0.39, 0.29) is 30.5 Å². The first-order chi connectivity index (χ1) is 18.3. The number of nitrogens with one attached hydrogen (secondary N) is 1. The standard InChI is InChI=1S/C28H26ClFN4O4/c1-4-33(27(36)19-7-11-21(30)12-8-19)17-26(35)32-28-31-25(18-5-9-20(29)10-6-18)16-34(28)22-13-23(37-2)15-24(14-22)38-3/h5-16H,4,17H2,1-3H3,(H,31,32,35). The molecule has 0 spiro atoms. The van der Waals surface area contributed by atoms with Crippen molar-refractivity contribution in [2.24, 2.45) is 0 Å². The average molecular weight is 537 g/mol. The van der Waals surface area contributed by atoms with Crippen molar-refractivity contribution in [3.63, 3.8) is 0 Å². The van der Waals surface area contributed by atoms with E-state index in [1.165, 1.54) is 29.2 Å². The highest BCUT2D eigenvalue weighted by molar-refractivity contribution is 6.30. The summed E-state index contributed by atoms with van der Waals surface area (Å²) < 4.78 is 25.8. The molecule has 0 saturated carbocycles. The molecule has 38 heavy (non-hydrogen) atoms. The van der Waals surface area contributed by atoms with Gasteiger partial charge >= 0.3 is 0 Å². The fourth-order valence-corrected chi connectivity index (χ4v) is 3.92. The number of amides is 2. The highest BCUT2D eigenvalue weighted by Gasteiger charge is 2.20. The van der Waals surface area contributed by atoms with E-state index in [4.69, 9.17) is 21.1 Å². The Labute approximate surface area is 224 Å². The second-order valence-electron chi connectivity index (χ2n) is 8.27. The molecule has 0 aliphatic carbocycles. The molecule has 0 aliphatic heterocycles. The molecule has 4 rings (SSSR count). The Morgan fingerprint density at radius 1 is 1.00 bits per heavy atom. The molecule has 0 bridgehead atoms. The minimum absolute atomic E-state index is 0.225. The lowest BCUT2D eigenvalue weighted by atomic mass is 10.2. The molecule has 0 atom stereocenters. The monoisotopic (exact) mass is 536 g/mol. The van der Waals surface area contributed by atoms with Gasteiger partial charge in [-0.15, -0.1) is 0 Å². The zero-order valence-electron chi connectivity index (χ0n) is 21.1. The third-order valence-electron chi connectivity index (χ3n) is 5.81. The van der Waals surface area contributed by atoms with Crippen molar-refractivity contribution in [1.29, 1.82) is 0 Å². The number of likely N-dealkylation sites (N-methyl/N-ethyl adjacent to an activating group) is 1. The maximum Gasteiger partial charge on any atom is 0.254 e. The van der Waals surface area contributed by atoms with Crippen molar-refractivity contribution >= 4 is 29.4 Å². The molecule has 4 aromatic rings. The molecule has 1 N–H and O–H groups in total. The van der Waals surface area contributed by atoms with Gasteiger partial charge in [-0.25, -0.2) is 9.37 Å². The number of imidazole rings is 1. The Balaban J connectivity index is 1.65. The van der Waals surface area contributed by atoms with E-state index in [1.807, 2.05) is 12.1 Å². The number of anilines is 1. The molecule has 1 aromatic heterocycles. The van der Waals surface area contributed by atoms with Crippen LogP contribution in [0, 0.1) is 5.82 Å². The molecular weight excluding hydrogens is 511 g/mol. The third kappa shape index (κ3) is 6.12. The summed E-state index contributed by atoms with van der Waals surface area (Å²) in [7, 11) is 3.09. The molecule has 0 saturated heterocycles. The van der Waals surface area contributed by atoms with Gasteiger partial charge < -0.3 is 14.4 Å². The van der Waals surface area contributed by atoms with Crippen LogP contribution < -0.4 is 14.8 Å². The largest absolute Gasteiger partial charge is 0.497 e. The number of hydrogen-bond donors (Lipinski definition) is 1. The van der Waals surface area contributed by atoms with Crippen LogP contribution in [0.1, 0.15) is 17.3 Å². The van der Waals surface area contributed by atoms with Crippen molar-refractivity contribution in [3.05, 3.63) is 89.3 Å². The second kappa shape index (κ2) is 11.8. The van der Waals surface area contributed by atoms with Crippen LogP contribution in [-0.2, 0) is 4.79 Å². The van der Waals surface area contributed by atoms with Gasteiger partial charge in [-0.3, -0.25) is 19.5 Å². The summed E-state index contributed by atoms with van der Waals surface area (Å²) in [6.45, 7) is 1.81. The van der Waals surface area contributed by atoms with E-state index in [1.54, 1.807) is 62.2 Å². The SMILES string of the molecule is CCN(CC(=O)Nc1nc(-c2ccc(Cl)cc2)cn1-c1cc(OC)cc(OC)c1)C(=O)c1ccc(F)cc1. The molecule has 10 heteroatoms. The minimum Gasteiger partial charge on any atom is -0.497 e. The van der Waals surface area contributed by atoms with E-state index in [2.05, 4.69) is 10.3 Å². The summed E-state index contributed by atoms with van der Waals surface area (Å²) in [6, 6.07) is 17.6. The van der Waals surface area contributed by atoms with Crippen LogP contribution in [0.2, 0.25) is 5.02 Å². The fraction of sp³-hybridized carbons (Fsp3) is 0.179. The maximum absolute atomic E-state index is 13.3. The Hall–Kier alpha value is -4.37. The number of hydrogen-bond acceptors (Lipinski definition) is 5. The van der Waals surface area contributed by atoms with Gasteiger partial charge in [0.1, 0.15) is 23.9 Å². The molecular formula is C28H26ClFN4O4. The molecule has 196 valence electrons. The second-order valence-corrected chi connectivity index (χ2v) is 8.71. The highest BCUT2D eigenvalue weighted by atomic mass is 35.5. The molecule has 8 nitrogen and oxygen atoms in total. The Kier molecular flexibility index (Phi) is 8.28. The van der Waals surface area contributed by atoms with Crippen LogP contribution in [0.4, 0.5) is 10.3 Å². The van der Waals surface area contributed by atoms with Crippen molar-refractivity contribution in [2.45, 2.75) is 6.92 Å². The molecule has 2 amide bonds. The van der Waals surface area contributed by atoms with Crippen LogP contribution in [-0.4, -0.2) is 53.6 Å². The normalized spacial score (nSPS) is 10.7. The zero-order chi connectivity index (χ0) is 27.2. The Morgan fingerprint density at radius 2 is 1.63 bits per heavy atom. The lowest BCUT2D eigenvalue weighted by Gasteiger charge is -2.20. The number of aromatic nitrogens is 2. The topological polar surface area (TPSA) is 85.7 Å². The van der Waals surface area contributed by atoms with Crippen LogP contribution in [0.25, 0.3) is 16.9 Å². The Bertz CT molecular complexity index is 1420. The molecule has 0 unspecified atom stereocenters. The molecule has 3 aromatic carbocycles. The number of benzene rings is 3. The Morgan fingerprint density at radius 3 is 2.21 bits per heavy atom. The van der Waals surface area contributed by atoms with Crippen molar-refractivity contribution in [1.82, 2.24) is 14.5 Å². The maximum atomic E-state index is 13.3. The summed E-state index contributed by atoms with van der Waals surface area (Å²) >= 11 is 6.05. The summed E-state index contributed by atoms with van der Waals surface area (Å²) in [5, 5.41) is 3.40. The predicted molar refractivity (Wildman–Crippen MR) is 144 cm³/mol. The van der Waals surface area contributed by atoms with Gasteiger partial charge in [0.25, 0.3) is 5.91 Å². The third-order valence-corrected chi connectivity index (χ3v) is 6.06. The highest BCUT2D eigenvalue weighted by Crippen LogP contribution is 2.30. The average Bonchev–Trinajstić information content (AvgIpc) is 3.35. The predicted octanol–water partition coefficient (Wildman–Crippen LogP) is 5.45. The van der Waals surface area contributed by atoms with Gasteiger partial charge in [-0.1, -0.05) is 23.7 Å². The van der Waals surface area contributed by atoms with Crippen molar-refractivity contribution in [3.8, 4) is 28.4 Å². The number of carbonyl (C=O) groups is 2. The quantitative estimate of drug-likeness (QED) is 0.307. The first-order valence-electron chi connectivity index (χ1n) is 11.7. The number of ether oxygens (including phenoxy) is 2. The molecule has 0 fully saturated rings. The van der Waals surface area contributed by atoms with Crippen LogP contribution in [0.15, 0.2) is 72.9 Å². The molecule has 0 radical (unpaired) electrons. The van der Waals surface area contributed by atoms with E-state index >= 15 is 0 Å². The van der Waals surface area contributed by atoms with Crippen molar-refractivity contribution in [2.75, 3.05) is 32.6 Å². The summed E-state index contributed by atoms with van der Waals surface area (Å²) in [4.78, 5) is 32.0. The van der Waals surface area contributed by atoms with Crippen molar-refractivity contribution < 1.29 is 23.5 Å². The lowest BCUT2D eigenvalue weighted by molar-refractivity contribution is -0.116. The van der Waals surface area contributed by atoms with Gasteiger partial charge in [-0.05, 0) is 43.3 Å². The lowest BCUT2D eigenvalue weighted by Crippen LogP contribution is -2.38. The van der Waals surface area contributed by atoms with Crippen LogP contribution in [0.3, 0.4) is 0 Å². The number of methoxy groups -OCH3 is 2. The fourth-order valence-electron chi connectivity index (χ4n) is 3.80. The first-order valence-corrected chi connectivity index (χ1v) is 12.1. The van der Waals surface area contributed by atoms with Gasteiger partial charge in [0.05, 0.1) is 25.6 Å². The van der Waals surface area contributed by atoms with Gasteiger partial charge in [-0.2, -0.15) is 0 Å². The van der Waals surface area contributed by atoms with Gasteiger partial charge in [0.2, 0.25) is 11.9 Å².